The van der Waals surface area contributed by atoms with Gasteiger partial charge in [0.25, 0.3) is 0 Å². The second-order valence-corrected chi connectivity index (χ2v) is 4.46. The minimum absolute atomic E-state index is 0.0132. The number of hydrogen-bond donors (Lipinski definition) is 2. The molecule has 5 nitrogen and oxygen atoms in total. The number of rotatable bonds is 3. The van der Waals surface area contributed by atoms with Crippen molar-refractivity contribution in [2.24, 2.45) is 0 Å². The molecule has 2 aliphatic rings. The first kappa shape index (κ1) is 11.3. The summed E-state index contributed by atoms with van der Waals surface area (Å²) in [6.45, 7) is 3.99. The highest BCUT2D eigenvalue weighted by Gasteiger charge is 2.32. The molecule has 0 aliphatic carbocycles. The van der Waals surface area contributed by atoms with Crippen LogP contribution in [0, 0.1) is 0 Å². The fraction of sp³-hybridized carbons (Fsp3) is 0.462. The van der Waals surface area contributed by atoms with Gasteiger partial charge in [-0.1, -0.05) is 6.92 Å². The summed E-state index contributed by atoms with van der Waals surface area (Å²) in [5.41, 5.74) is 1.76. The van der Waals surface area contributed by atoms with Crippen LogP contribution in [0.15, 0.2) is 12.1 Å². The lowest BCUT2D eigenvalue weighted by Gasteiger charge is -2.20. The highest BCUT2D eigenvalue weighted by molar-refractivity contribution is 6.03. The Labute approximate surface area is 105 Å². The van der Waals surface area contributed by atoms with E-state index in [1.165, 1.54) is 0 Å². The SMILES string of the molecule is CCCNC1C(=O)Nc2cc3c(cc21)OCCO3. The largest absolute Gasteiger partial charge is 0.486 e. The van der Waals surface area contributed by atoms with Crippen LogP contribution in [0.3, 0.4) is 0 Å². The summed E-state index contributed by atoms with van der Waals surface area (Å²) in [7, 11) is 0. The number of anilines is 1. The average molecular weight is 248 g/mol. The molecule has 1 amide bonds. The molecular formula is C13H16N2O3. The van der Waals surface area contributed by atoms with Gasteiger partial charge in [-0.2, -0.15) is 0 Å². The van der Waals surface area contributed by atoms with Crippen molar-refractivity contribution in [3.8, 4) is 11.5 Å². The normalized spacial score (nSPS) is 20.5. The van der Waals surface area contributed by atoms with Crippen molar-refractivity contribution < 1.29 is 14.3 Å². The molecule has 18 heavy (non-hydrogen) atoms. The number of benzene rings is 1. The van der Waals surface area contributed by atoms with Gasteiger partial charge in [-0.15, -0.1) is 0 Å². The number of fused-ring (bicyclic) bond motifs is 2. The van der Waals surface area contributed by atoms with Crippen LogP contribution in [0.4, 0.5) is 5.69 Å². The van der Waals surface area contributed by atoms with Crippen LogP contribution < -0.4 is 20.1 Å². The maximum absolute atomic E-state index is 11.9. The Balaban J connectivity index is 1.94. The topological polar surface area (TPSA) is 59.6 Å². The van der Waals surface area contributed by atoms with Crippen molar-refractivity contribution >= 4 is 11.6 Å². The summed E-state index contributed by atoms with van der Waals surface area (Å²) in [6.07, 6.45) is 0.990. The molecule has 2 heterocycles. The van der Waals surface area contributed by atoms with Crippen LogP contribution >= 0.6 is 0 Å². The van der Waals surface area contributed by atoms with Crippen LogP contribution in [-0.4, -0.2) is 25.7 Å². The minimum Gasteiger partial charge on any atom is -0.486 e. The number of nitrogens with one attached hydrogen (secondary N) is 2. The molecular weight excluding hydrogens is 232 g/mol. The zero-order valence-electron chi connectivity index (χ0n) is 10.3. The molecule has 0 saturated carbocycles. The van der Waals surface area contributed by atoms with Gasteiger partial charge in [0.1, 0.15) is 19.3 Å². The second kappa shape index (κ2) is 4.49. The van der Waals surface area contributed by atoms with Gasteiger partial charge in [-0.25, -0.2) is 0 Å². The summed E-state index contributed by atoms with van der Waals surface area (Å²) in [5, 5.41) is 6.11. The van der Waals surface area contributed by atoms with Gasteiger partial charge in [0.05, 0.1) is 5.69 Å². The first-order chi connectivity index (χ1) is 8.79. The first-order valence-corrected chi connectivity index (χ1v) is 6.27. The van der Waals surface area contributed by atoms with E-state index >= 15 is 0 Å². The van der Waals surface area contributed by atoms with Gasteiger partial charge in [0, 0.05) is 11.6 Å². The summed E-state index contributed by atoms with van der Waals surface area (Å²) in [4.78, 5) is 11.9. The average Bonchev–Trinajstić information content (AvgIpc) is 2.68. The Morgan fingerprint density at radius 2 is 2.06 bits per heavy atom. The van der Waals surface area contributed by atoms with Crippen molar-refractivity contribution in [3.63, 3.8) is 0 Å². The van der Waals surface area contributed by atoms with Crippen LogP contribution in [-0.2, 0) is 4.79 Å². The monoisotopic (exact) mass is 248 g/mol. The molecule has 1 unspecified atom stereocenters. The molecule has 0 saturated heterocycles. The predicted octanol–water partition coefficient (Wildman–Crippen LogP) is 1.45. The smallest absolute Gasteiger partial charge is 0.246 e. The number of ether oxygens (including phenoxy) is 2. The standard InChI is InChI=1S/C13H16N2O3/c1-2-3-14-12-8-6-10-11(18-5-4-17-10)7-9(8)15-13(12)16/h6-7,12,14H,2-5H2,1H3,(H,15,16). The fourth-order valence-electron chi connectivity index (χ4n) is 2.29. The van der Waals surface area contributed by atoms with E-state index in [1.54, 1.807) is 0 Å². The highest BCUT2D eigenvalue weighted by atomic mass is 16.6. The van der Waals surface area contributed by atoms with E-state index in [2.05, 4.69) is 17.6 Å². The Hall–Kier alpha value is -1.75. The highest BCUT2D eigenvalue weighted by Crippen LogP contribution is 2.41. The van der Waals surface area contributed by atoms with Gasteiger partial charge in [0.2, 0.25) is 5.91 Å². The quantitative estimate of drug-likeness (QED) is 0.850. The fourth-order valence-corrected chi connectivity index (χ4v) is 2.29. The molecule has 5 heteroatoms. The maximum atomic E-state index is 11.9. The molecule has 2 N–H and O–H groups in total. The first-order valence-electron chi connectivity index (χ1n) is 6.27. The molecule has 2 aliphatic heterocycles. The molecule has 0 bridgehead atoms. The van der Waals surface area contributed by atoms with E-state index in [0.717, 1.165) is 30.0 Å². The van der Waals surface area contributed by atoms with Gasteiger partial charge < -0.3 is 20.1 Å². The van der Waals surface area contributed by atoms with Crippen molar-refractivity contribution in [1.29, 1.82) is 0 Å². The lowest BCUT2D eigenvalue weighted by atomic mass is 10.1. The molecule has 1 aromatic rings. The molecule has 0 radical (unpaired) electrons. The van der Waals surface area contributed by atoms with E-state index in [1.807, 2.05) is 12.1 Å². The van der Waals surface area contributed by atoms with Gasteiger partial charge in [-0.3, -0.25) is 4.79 Å². The Morgan fingerprint density at radius 3 is 2.78 bits per heavy atom. The van der Waals surface area contributed by atoms with Crippen LogP contribution in [0.5, 0.6) is 11.5 Å². The van der Waals surface area contributed by atoms with Crippen LogP contribution in [0.2, 0.25) is 0 Å². The summed E-state index contributed by atoms with van der Waals surface area (Å²) in [5.74, 6) is 1.41. The van der Waals surface area contributed by atoms with Crippen LogP contribution in [0.1, 0.15) is 24.9 Å². The summed E-state index contributed by atoms with van der Waals surface area (Å²) < 4.78 is 11.0. The maximum Gasteiger partial charge on any atom is 0.246 e. The molecule has 1 atom stereocenters. The zero-order valence-corrected chi connectivity index (χ0v) is 10.3. The molecule has 0 spiro atoms. The van der Waals surface area contributed by atoms with E-state index in [4.69, 9.17) is 9.47 Å². The van der Waals surface area contributed by atoms with Gasteiger partial charge in [0.15, 0.2) is 11.5 Å². The second-order valence-electron chi connectivity index (χ2n) is 4.46. The molecule has 0 aromatic heterocycles. The minimum atomic E-state index is -0.282. The van der Waals surface area contributed by atoms with Gasteiger partial charge >= 0.3 is 0 Å². The number of hydrogen-bond acceptors (Lipinski definition) is 4. The van der Waals surface area contributed by atoms with E-state index < -0.39 is 0 Å². The summed E-state index contributed by atoms with van der Waals surface area (Å²) in [6, 6.07) is 3.46. The van der Waals surface area contributed by atoms with Crippen molar-refractivity contribution in [2.45, 2.75) is 19.4 Å². The summed E-state index contributed by atoms with van der Waals surface area (Å²) >= 11 is 0. The molecule has 0 fully saturated rings. The van der Waals surface area contributed by atoms with Crippen LogP contribution in [0.25, 0.3) is 0 Å². The lowest BCUT2D eigenvalue weighted by molar-refractivity contribution is -0.117. The predicted molar refractivity (Wildman–Crippen MR) is 67.1 cm³/mol. The van der Waals surface area contributed by atoms with E-state index in [9.17, 15) is 4.79 Å². The molecule has 1 aromatic carbocycles. The van der Waals surface area contributed by atoms with Crippen molar-refractivity contribution in [1.82, 2.24) is 5.32 Å². The molecule has 96 valence electrons. The number of amides is 1. The zero-order chi connectivity index (χ0) is 12.5. The van der Waals surface area contributed by atoms with E-state index in [-0.39, 0.29) is 11.9 Å². The van der Waals surface area contributed by atoms with Crippen molar-refractivity contribution in [2.75, 3.05) is 25.1 Å². The Bertz CT molecular complexity index is 487. The number of carbonyl (C=O) groups excluding carboxylic acids is 1. The Morgan fingerprint density at radius 1 is 1.33 bits per heavy atom. The third-order valence-electron chi connectivity index (χ3n) is 3.14. The number of carbonyl (C=O) groups is 1. The van der Waals surface area contributed by atoms with Gasteiger partial charge in [-0.05, 0) is 19.0 Å². The van der Waals surface area contributed by atoms with E-state index in [0.29, 0.717) is 19.0 Å². The molecule has 3 rings (SSSR count). The third-order valence-corrected chi connectivity index (χ3v) is 3.14. The third kappa shape index (κ3) is 1.80. The lowest BCUT2D eigenvalue weighted by Crippen LogP contribution is -2.28. The Kier molecular flexibility index (Phi) is 2.83. The van der Waals surface area contributed by atoms with Crippen molar-refractivity contribution in [3.05, 3.63) is 17.7 Å².